The zero-order valence-electron chi connectivity index (χ0n) is 16.2. The Balaban J connectivity index is 2.30. The van der Waals surface area contributed by atoms with Crippen LogP contribution in [0.2, 0.25) is 5.02 Å². The fraction of sp³-hybridized carbons (Fsp3) is 0.619. The number of carbonyl (C=O) groups is 2. The van der Waals surface area contributed by atoms with Gasteiger partial charge in [-0.25, -0.2) is 0 Å². The lowest BCUT2D eigenvalue weighted by atomic mass is 9.85. The maximum absolute atomic E-state index is 13.3. The van der Waals surface area contributed by atoms with Crippen LogP contribution in [0.3, 0.4) is 0 Å². The molecule has 2 rings (SSSR count). The Hall–Kier alpha value is -1.26. The Morgan fingerprint density at radius 1 is 1.22 bits per heavy atom. The fourth-order valence-corrected chi connectivity index (χ4v) is 3.99. The number of alkyl halides is 1. The second-order valence-electron chi connectivity index (χ2n) is 7.41. The van der Waals surface area contributed by atoms with Gasteiger partial charge < -0.3 is 10.2 Å². The van der Waals surface area contributed by atoms with E-state index in [-0.39, 0.29) is 23.7 Å². The molecule has 150 valence electrons. The number of amides is 2. The second kappa shape index (κ2) is 10.9. The maximum Gasteiger partial charge on any atom is 0.247 e. The molecule has 0 saturated heterocycles. The molecule has 27 heavy (non-hydrogen) atoms. The van der Waals surface area contributed by atoms with Crippen LogP contribution in [0.25, 0.3) is 0 Å². The van der Waals surface area contributed by atoms with Crippen molar-refractivity contribution in [3.05, 3.63) is 34.9 Å². The summed E-state index contributed by atoms with van der Waals surface area (Å²) < 4.78 is 0. The molecular formula is C21H30Cl2N2O2. The number of carbonyl (C=O) groups excluding carboxylic acids is 2. The molecule has 1 saturated carbocycles. The SMILES string of the molecule is CCCCN(C(=O)CCl)[C@H](C(=O)N[C@@H]1CCCC[C@@H]1C)c1ccc(Cl)cc1. The standard InChI is InChI=1S/C21H30Cl2N2O2/c1-3-4-13-25(19(26)14-22)20(16-9-11-17(23)12-10-16)21(27)24-18-8-6-5-7-15(18)2/h9-12,15,18,20H,3-8,13-14H2,1-2H3,(H,24,27)/t15-,18+,20-/m0/s1. The highest BCUT2D eigenvalue weighted by atomic mass is 35.5. The van der Waals surface area contributed by atoms with E-state index in [9.17, 15) is 9.59 Å². The third-order valence-electron chi connectivity index (χ3n) is 5.37. The minimum atomic E-state index is -0.686. The van der Waals surface area contributed by atoms with E-state index in [4.69, 9.17) is 23.2 Å². The van der Waals surface area contributed by atoms with Gasteiger partial charge in [0, 0.05) is 17.6 Å². The first-order chi connectivity index (χ1) is 13.0. The highest BCUT2D eigenvalue weighted by Crippen LogP contribution is 2.27. The number of hydrogen-bond acceptors (Lipinski definition) is 2. The molecule has 4 nitrogen and oxygen atoms in total. The van der Waals surface area contributed by atoms with Crippen LogP contribution in [0.4, 0.5) is 0 Å². The van der Waals surface area contributed by atoms with Crippen LogP contribution >= 0.6 is 23.2 Å². The Morgan fingerprint density at radius 3 is 2.48 bits per heavy atom. The minimum absolute atomic E-state index is 0.134. The predicted octanol–water partition coefficient (Wildman–Crippen LogP) is 4.94. The zero-order chi connectivity index (χ0) is 19.8. The van der Waals surface area contributed by atoms with Crippen molar-refractivity contribution in [1.29, 1.82) is 0 Å². The first-order valence-corrected chi connectivity index (χ1v) is 10.8. The summed E-state index contributed by atoms with van der Waals surface area (Å²) in [5.74, 6) is -0.0510. The molecule has 0 bridgehead atoms. The lowest BCUT2D eigenvalue weighted by Gasteiger charge is -2.35. The van der Waals surface area contributed by atoms with E-state index in [1.165, 1.54) is 6.42 Å². The van der Waals surface area contributed by atoms with Crippen molar-refractivity contribution >= 4 is 35.0 Å². The Labute approximate surface area is 172 Å². The second-order valence-corrected chi connectivity index (χ2v) is 8.11. The quantitative estimate of drug-likeness (QED) is 0.614. The largest absolute Gasteiger partial charge is 0.351 e. The summed E-state index contributed by atoms with van der Waals surface area (Å²) in [6.07, 6.45) is 6.19. The van der Waals surface area contributed by atoms with Gasteiger partial charge in [-0.3, -0.25) is 9.59 Å². The van der Waals surface area contributed by atoms with E-state index in [1.807, 2.05) is 12.1 Å². The van der Waals surface area contributed by atoms with E-state index < -0.39 is 6.04 Å². The van der Waals surface area contributed by atoms with Gasteiger partial charge in [0.15, 0.2) is 0 Å². The molecule has 1 aliphatic carbocycles. The number of hydrogen-bond donors (Lipinski definition) is 1. The van der Waals surface area contributed by atoms with Crippen molar-refractivity contribution in [2.24, 2.45) is 5.92 Å². The molecule has 1 aromatic carbocycles. The molecule has 2 amide bonds. The summed E-state index contributed by atoms with van der Waals surface area (Å²) in [6.45, 7) is 4.74. The topological polar surface area (TPSA) is 49.4 Å². The summed E-state index contributed by atoms with van der Waals surface area (Å²) >= 11 is 11.9. The summed E-state index contributed by atoms with van der Waals surface area (Å²) in [5, 5.41) is 3.81. The van der Waals surface area contributed by atoms with Gasteiger partial charge in [0.25, 0.3) is 0 Å². The summed E-state index contributed by atoms with van der Waals surface area (Å²) in [7, 11) is 0. The number of halogens is 2. The average Bonchev–Trinajstić information content (AvgIpc) is 2.67. The van der Waals surface area contributed by atoms with E-state index in [1.54, 1.807) is 17.0 Å². The van der Waals surface area contributed by atoms with Crippen LogP contribution in [0.15, 0.2) is 24.3 Å². The molecule has 0 aliphatic heterocycles. The molecule has 1 aliphatic rings. The molecule has 6 heteroatoms. The first-order valence-electron chi connectivity index (χ1n) is 9.89. The van der Waals surface area contributed by atoms with Crippen LogP contribution in [0, 0.1) is 5.92 Å². The van der Waals surface area contributed by atoms with E-state index in [2.05, 4.69) is 19.2 Å². The summed E-state index contributed by atoms with van der Waals surface area (Å²) in [4.78, 5) is 27.4. The molecule has 1 fully saturated rings. The third kappa shape index (κ3) is 6.11. The van der Waals surface area contributed by atoms with E-state index in [0.29, 0.717) is 17.5 Å². The molecular weight excluding hydrogens is 383 g/mol. The average molecular weight is 413 g/mol. The number of benzene rings is 1. The predicted molar refractivity (Wildman–Crippen MR) is 111 cm³/mol. The van der Waals surface area contributed by atoms with Crippen LogP contribution in [-0.2, 0) is 9.59 Å². The smallest absolute Gasteiger partial charge is 0.247 e. The molecule has 0 unspecified atom stereocenters. The molecule has 0 spiro atoms. The van der Waals surface area contributed by atoms with Gasteiger partial charge in [-0.05, 0) is 42.9 Å². The van der Waals surface area contributed by atoms with Gasteiger partial charge >= 0.3 is 0 Å². The van der Waals surface area contributed by atoms with Crippen LogP contribution in [0.1, 0.15) is 64.0 Å². The van der Waals surface area contributed by atoms with Crippen LogP contribution in [-0.4, -0.2) is 35.2 Å². The molecule has 1 N–H and O–H groups in total. The van der Waals surface area contributed by atoms with Crippen molar-refractivity contribution in [2.75, 3.05) is 12.4 Å². The van der Waals surface area contributed by atoms with E-state index in [0.717, 1.165) is 37.7 Å². The maximum atomic E-state index is 13.3. The van der Waals surface area contributed by atoms with Gasteiger partial charge in [0.2, 0.25) is 11.8 Å². The van der Waals surface area contributed by atoms with Gasteiger partial charge in [-0.15, -0.1) is 11.6 Å². The number of rotatable bonds is 8. The fourth-order valence-electron chi connectivity index (χ4n) is 3.71. The number of unbranched alkanes of at least 4 members (excludes halogenated alkanes) is 1. The lowest BCUT2D eigenvalue weighted by molar-refractivity contribution is -0.139. The van der Waals surface area contributed by atoms with E-state index >= 15 is 0 Å². The van der Waals surface area contributed by atoms with Crippen molar-refractivity contribution in [3.63, 3.8) is 0 Å². The van der Waals surface area contributed by atoms with Gasteiger partial charge in [0.05, 0.1) is 0 Å². The Kier molecular flexibility index (Phi) is 8.91. The molecule has 0 radical (unpaired) electrons. The highest BCUT2D eigenvalue weighted by Gasteiger charge is 2.33. The van der Waals surface area contributed by atoms with Crippen molar-refractivity contribution in [1.82, 2.24) is 10.2 Å². The third-order valence-corrected chi connectivity index (χ3v) is 5.85. The molecule has 1 aromatic rings. The molecule has 0 heterocycles. The van der Waals surface area contributed by atoms with Gasteiger partial charge in [-0.2, -0.15) is 0 Å². The molecule has 3 atom stereocenters. The van der Waals surface area contributed by atoms with Crippen LogP contribution in [0.5, 0.6) is 0 Å². The Bertz CT molecular complexity index is 621. The Morgan fingerprint density at radius 2 is 1.89 bits per heavy atom. The molecule has 0 aromatic heterocycles. The van der Waals surface area contributed by atoms with Gasteiger partial charge in [-0.1, -0.05) is 56.8 Å². The minimum Gasteiger partial charge on any atom is -0.351 e. The van der Waals surface area contributed by atoms with Crippen molar-refractivity contribution in [2.45, 2.75) is 64.5 Å². The van der Waals surface area contributed by atoms with Crippen LogP contribution < -0.4 is 5.32 Å². The van der Waals surface area contributed by atoms with Crippen molar-refractivity contribution in [3.8, 4) is 0 Å². The number of nitrogens with one attached hydrogen (secondary N) is 1. The lowest BCUT2D eigenvalue weighted by Crippen LogP contribution is -2.49. The van der Waals surface area contributed by atoms with Gasteiger partial charge in [0.1, 0.15) is 11.9 Å². The number of nitrogens with zero attached hydrogens (tertiary/aromatic N) is 1. The monoisotopic (exact) mass is 412 g/mol. The summed E-state index contributed by atoms with van der Waals surface area (Å²) in [6, 6.07) is 6.61. The first kappa shape index (κ1) is 22.0. The van der Waals surface area contributed by atoms with Crippen molar-refractivity contribution < 1.29 is 9.59 Å². The summed E-state index contributed by atoms with van der Waals surface area (Å²) in [5.41, 5.74) is 0.759. The normalized spacial score (nSPS) is 20.7. The highest BCUT2D eigenvalue weighted by molar-refractivity contribution is 6.30. The zero-order valence-corrected chi connectivity index (χ0v) is 17.7.